The van der Waals surface area contributed by atoms with Crippen LogP contribution in [-0.2, 0) is 4.79 Å². The summed E-state index contributed by atoms with van der Waals surface area (Å²) in [5.74, 6) is -0.217. The minimum absolute atomic E-state index is 0.217. The van der Waals surface area contributed by atoms with Crippen LogP contribution < -0.4 is 21.5 Å². The van der Waals surface area contributed by atoms with Gasteiger partial charge in [0.1, 0.15) is 12.3 Å². The van der Waals surface area contributed by atoms with Gasteiger partial charge in [-0.2, -0.15) is 23.4 Å². The van der Waals surface area contributed by atoms with E-state index in [4.69, 9.17) is 24.4 Å². The Balaban J connectivity index is 3.06. The van der Waals surface area contributed by atoms with E-state index in [1.165, 1.54) is 6.92 Å². The van der Waals surface area contributed by atoms with Crippen LogP contribution in [0, 0.1) is 0 Å². The van der Waals surface area contributed by atoms with E-state index in [0.29, 0.717) is 34.1 Å². The zero-order chi connectivity index (χ0) is 22.7. The fourth-order valence-corrected chi connectivity index (χ4v) is 2.45. The number of carbonyl (C=O) groups excluding carboxylic acids is 1. The number of hydrogen-bond acceptors (Lipinski definition) is 5. The molecule has 7 nitrogen and oxygen atoms in total. The first kappa shape index (κ1) is 25.4. The van der Waals surface area contributed by atoms with Crippen LogP contribution in [0.2, 0.25) is 0 Å². The zero-order valence-electron chi connectivity index (χ0n) is 16.7. The van der Waals surface area contributed by atoms with Crippen LogP contribution in [0.3, 0.4) is 0 Å². The highest BCUT2D eigenvalue weighted by molar-refractivity contribution is 7.80. The number of anilines is 1. The first-order chi connectivity index (χ1) is 14.0. The fraction of sp³-hybridized carbons (Fsp3) is 0.389. The molecule has 4 N–H and O–H groups in total. The molecule has 164 valence electrons. The highest BCUT2D eigenvalue weighted by atomic mass is 32.1. The number of alkyl halides is 3. The Hall–Kier alpha value is -2.60. The Morgan fingerprint density at radius 1 is 1.07 bits per heavy atom. The standard InChI is InChI=1S/C18H23F3N6OS2/c1-4-5-15(29)25-24-11(2)16(26-27-17(30)22-10-18(19,20)21)13-6-8-14(9-7-13)23-12(3)28/h6-9H,4-5,10H2,1-3H3,(H,23,28)(H,25,29)(H2,22,27,30). The minimum Gasteiger partial charge on any atom is -0.352 e. The second-order valence-corrected chi connectivity index (χ2v) is 7.01. The molecular weight excluding hydrogens is 437 g/mol. The van der Waals surface area contributed by atoms with Crippen LogP contribution in [0.15, 0.2) is 34.5 Å². The Kier molecular flexibility index (Phi) is 10.3. The monoisotopic (exact) mass is 460 g/mol. The molecule has 0 heterocycles. The van der Waals surface area contributed by atoms with E-state index in [0.717, 1.165) is 6.42 Å². The second kappa shape index (κ2) is 12.2. The molecule has 1 aromatic rings. The van der Waals surface area contributed by atoms with Gasteiger partial charge in [-0.1, -0.05) is 31.3 Å². The number of thiocarbonyl (C=S) groups is 2. The van der Waals surface area contributed by atoms with Gasteiger partial charge in [-0.25, -0.2) is 0 Å². The number of rotatable bonds is 8. The maximum absolute atomic E-state index is 12.3. The molecule has 0 aliphatic heterocycles. The summed E-state index contributed by atoms with van der Waals surface area (Å²) in [5, 5.41) is 12.7. The second-order valence-electron chi connectivity index (χ2n) is 6.11. The molecular formula is C18H23F3N6OS2. The maximum atomic E-state index is 12.3. The van der Waals surface area contributed by atoms with Gasteiger partial charge in [-0.3, -0.25) is 15.6 Å². The van der Waals surface area contributed by atoms with Crippen LogP contribution in [0.5, 0.6) is 0 Å². The van der Waals surface area contributed by atoms with E-state index >= 15 is 0 Å². The van der Waals surface area contributed by atoms with Gasteiger partial charge in [-0.15, -0.1) is 0 Å². The van der Waals surface area contributed by atoms with Crippen LogP contribution in [0.1, 0.15) is 39.2 Å². The number of benzene rings is 1. The normalized spacial score (nSPS) is 12.2. The van der Waals surface area contributed by atoms with Gasteiger partial charge in [-0.05, 0) is 44.1 Å². The predicted octanol–water partition coefficient (Wildman–Crippen LogP) is 3.47. The molecule has 0 saturated carbocycles. The highest BCUT2D eigenvalue weighted by Crippen LogP contribution is 2.13. The number of nitrogens with one attached hydrogen (secondary N) is 4. The Morgan fingerprint density at radius 2 is 1.70 bits per heavy atom. The SMILES string of the molecule is CCCC(=S)NN=C(C)C(=NNC(=S)NCC(F)(F)F)c1ccc(NC(C)=O)cc1. The molecule has 0 spiro atoms. The van der Waals surface area contributed by atoms with Gasteiger partial charge in [0, 0.05) is 18.2 Å². The molecule has 0 aliphatic rings. The van der Waals surface area contributed by atoms with Crippen molar-refractivity contribution in [1.29, 1.82) is 0 Å². The third kappa shape index (κ3) is 10.3. The molecule has 0 atom stereocenters. The quantitative estimate of drug-likeness (QED) is 0.270. The smallest absolute Gasteiger partial charge is 0.352 e. The van der Waals surface area contributed by atoms with Crippen molar-refractivity contribution < 1.29 is 18.0 Å². The molecule has 1 aromatic carbocycles. The molecule has 1 amide bonds. The van der Waals surface area contributed by atoms with Crippen LogP contribution in [-0.4, -0.2) is 40.2 Å². The number of carbonyl (C=O) groups is 1. The van der Waals surface area contributed by atoms with Gasteiger partial charge < -0.3 is 10.6 Å². The number of hydrogen-bond donors (Lipinski definition) is 4. The summed E-state index contributed by atoms with van der Waals surface area (Å²) >= 11 is 9.99. The summed E-state index contributed by atoms with van der Waals surface area (Å²) in [4.78, 5) is 11.7. The zero-order valence-corrected chi connectivity index (χ0v) is 18.3. The van der Waals surface area contributed by atoms with E-state index in [1.54, 1.807) is 31.2 Å². The minimum atomic E-state index is -4.41. The number of halogens is 3. The number of hydrazone groups is 2. The summed E-state index contributed by atoms with van der Waals surface area (Å²) in [7, 11) is 0. The molecule has 0 saturated heterocycles. The first-order valence-electron chi connectivity index (χ1n) is 8.91. The van der Waals surface area contributed by atoms with Gasteiger partial charge in [0.05, 0.1) is 10.7 Å². The fourth-order valence-electron chi connectivity index (χ4n) is 2.08. The third-order valence-corrected chi connectivity index (χ3v) is 3.90. The van der Waals surface area contributed by atoms with Crippen molar-refractivity contribution in [3.8, 4) is 0 Å². The Morgan fingerprint density at radius 3 is 2.23 bits per heavy atom. The molecule has 0 aliphatic carbocycles. The molecule has 0 aromatic heterocycles. The van der Waals surface area contributed by atoms with Crippen LogP contribution in [0.25, 0.3) is 0 Å². The summed E-state index contributed by atoms with van der Waals surface area (Å²) in [6.07, 6.45) is -2.89. The van der Waals surface area contributed by atoms with Crippen LogP contribution in [0.4, 0.5) is 18.9 Å². The van der Waals surface area contributed by atoms with E-state index in [2.05, 4.69) is 26.4 Å². The predicted molar refractivity (Wildman–Crippen MR) is 121 cm³/mol. The van der Waals surface area contributed by atoms with E-state index < -0.39 is 12.7 Å². The summed E-state index contributed by atoms with van der Waals surface area (Å²) < 4.78 is 37.0. The lowest BCUT2D eigenvalue weighted by molar-refractivity contribution is -0.122. The molecule has 0 bridgehead atoms. The third-order valence-electron chi connectivity index (χ3n) is 3.37. The lowest BCUT2D eigenvalue weighted by Gasteiger charge is -2.12. The number of nitrogens with zero attached hydrogens (tertiary/aromatic N) is 2. The molecule has 1 rings (SSSR count). The Bertz CT molecular complexity index is 822. The van der Waals surface area contributed by atoms with Gasteiger partial charge in [0.2, 0.25) is 5.91 Å². The largest absolute Gasteiger partial charge is 0.405 e. The van der Waals surface area contributed by atoms with Gasteiger partial charge in [0.15, 0.2) is 5.11 Å². The van der Waals surface area contributed by atoms with E-state index in [1.807, 2.05) is 12.2 Å². The topological polar surface area (TPSA) is 89.9 Å². The first-order valence-corrected chi connectivity index (χ1v) is 9.73. The summed E-state index contributed by atoms with van der Waals surface area (Å²) in [5.41, 5.74) is 7.08. The molecule has 12 heteroatoms. The summed E-state index contributed by atoms with van der Waals surface area (Å²) in [6, 6.07) is 6.69. The molecule has 0 fully saturated rings. The van der Waals surface area contributed by atoms with E-state index in [-0.39, 0.29) is 11.0 Å². The average molecular weight is 461 g/mol. The number of amides is 1. The van der Waals surface area contributed by atoms with Crippen molar-refractivity contribution in [3.05, 3.63) is 29.8 Å². The molecule has 30 heavy (non-hydrogen) atoms. The van der Waals surface area contributed by atoms with Crippen molar-refractivity contribution in [3.63, 3.8) is 0 Å². The van der Waals surface area contributed by atoms with Crippen molar-refractivity contribution in [2.45, 2.75) is 39.8 Å². The Labute approximate surface area is 183 Å². The molecule has 0 unspecified atom stereocenters. The van der Waals surface area contributed by atoms with Crippen LogP contribution >= 0.6 is 24.4 Å². The highest BCUT2D eigenvalue weighted by Gasteiger charge is 2.27. The van der Waals surface area contributed by atoms with Gasteiger partial charge in [0.25, 0.3) is 0 Å². The molecule has 0 radical (unpaired) electrons. The van der Waals surface area contributed by atoms with E-state index in [9.17, 15) is 18.0 Å². The van der Waals surface area contributed by atoms with Gasteiger partial charge >= 0.3 is 6.18 Å². The van der Waals surface area contributed by atoms with Crippen molar-refractivity contribution >= 4 is 57.6 Å². The van der Waals surface area contributed by atoms with Crippen molar-refractivity contribution in [2.75, 3.05) is 11.9 Å². The van der Waals surface area contributed by atoms with Crippen molar-refractivity contribution in [2.24, 2.45) is 10.2 Å². The maximum Gasteiger partial charge on any atom is 0.405 e. The van der Waals surface area contributed by atoms with Crippen molar-refractivity contribution in [1.82, 2.24) is 16.2 Å². The lowest BCUT2D eigenvalue weighted by atomic mass is 10.1. The average Bonchev–Trinajstić information content (AvgIpc) is 2.65. The lowest BCUT2D eigenvalue weighted by Crippen LogP contribution is -2.39. The summed E-state index contributed by atoms with van der Waals surface area (Å²) in [6.45, 7) is 3.75.